The normalized spacial score (nSPS) is 13.3. The van der Waals surface area contributed by atoms with E-state index in [1.807, 2.05) is 0 Å². The molecule has 0 aliphatic carbocycles. The van der Waals surface area contributed by atoms with Crippen LogP contribution in [-0.4, -0.2) is 37.0 Å². The average molecular weight is 517 g/mol. The number of hydrogen-bond donors (Lipinski definition) is 1. The lowest BCUT2D eigenvalue weighted by Crippen LogP contribution is -2.27. The van der Waals surface area contributed by atoms with Crippen LogP contribution < -0.4 is 0 Å². The van der Waals surface area contributed by atoms with Crippen molar-refractivity contribution in [2.45, 2.75) is 123 Å². The molecule has 0 spiro atoms. The Hall–Kier alpha value is -1.91. The van der Waals surface area contributed by atoms with Crippen molar-refractivity contribution in [1.29, 1.82) is 0 Å². The number of hydrogen-bond acceptors (Lipinski definition) is 4. The highest BCUT2D eigenvalue weighted by molar-refractivity contribution is 5.69. The van der Waals surface area contributed by atoms with Crippen molar-refractivity contribution in [2.24, 2.45) is 0 Å². The third-order valence-electron chi connectivity index (χ3n) is 5.86. The van der Waals surface area contributed by atoms with Gasteiger partial charge in [0.25, 0.3) is 0 Å². The number of allylic oxidation sites excluding steroid dienone is 10. The van der Waals surface area contributed by atoms with E-state index in [0.29, 0.717) is 13.0 Å². The van der Waals surface area contributed by atoms with Gasteiger partial charge in [0.1, 0.15) is 6.10 Å². The van der Waals surface area contributed by atoms with Crippen LogP contribution in [0.15, 0.2) is 60.8 Å². The molecule has 0 radical (unpaired) electrons. The molecule has 0 aromatic heterocycles. The number of esters is 1. The molecule has 0 rings (SSSR count). The van der Waals surface area contributed by atoms with Gasteiger partial charge in [-0.2, -0.15) is 0 Å². The molecule has 0 bridgehead atoms. The SMILES string of the molecule is CC/C=C\C/C=C\C/C=C\C/C=C\C/C=C\CCCCCCCCOCC(CO)OC(=O)CCCCC. The topological polar surface area (TPSA) is 55.8 Å². The van der Waals surface area contributed by atoms with Crippen LogP contribution in [0.3, 0.4) is 0 Å². The number of rotatable bonds is 26. The fraction of sp³-hybridized carbons (Fsp3) is 0.667. The van der Waals surface area contributed by atoms with Gasteiger partial charge in [0.15, 0.2) is 0 Å². The summed E-state index contributed by atoms with van der Waals surface area (Å²) in [5.41, 5.74) is 0. The van der Waals surface area contributed by atoms with E-state index in [1.165, 1.54) is 25.7 Å². The van der Waals surface area contributed by atoms with E-state index < -0.39 is 6.10 Å². The van der Waals surface area contributed by atoms with E-state index in [2.05, 4.69) is 74.6 Å². The molecule has 0 amide bonds. The van der Waals surface area contributed by atoms with Crippen LogP contribution >= 0.6 is 0 Å². The second-order valence-electron chi connectivity index (χ2n) is 9.44. The average Bonchev–Trinajstić information content (AvgIpc) is 2.90. The van der Waals surface area contributed by atoms with E-state index in [1.54, 1.807) is 0 Å². The Morgan fingerprint density at radius 1 is 0.676 bits per heavy atom. The highest BCUT2D eigenvalue weighted by Gasteiger charge is 2.13. The van der Waals surface area contributed by atoms with Gasteiger partial charge in [-0.05, 0) is 57.8 Å². The Labute approximate surface area is 228 Å². The number of aliphatic hydroxyl groups excluding tert-OH is 1. The van der Waals surface area contributed by atoms with Gasteiger partial charge in [-0.1, -0.05) is 113 Å². The largest absolute Gasteiger partial charge is 0.457 e. The first-order chi connectivity index (χ1) is 18.2. The van der Waals surface area contributed by atoms with Crippen LogP contribution in [0.1, 0.15) is 117 Å². The summed E-state index contributed by atoms with van der Waals surface area (Å²) in [6.45, 7) is 5.01. The lowest BCUT2D eigenvalue weighted by Gasteiger charge is -2.15. The summed E-state index contributed by atoms with van der Waals surface area (Å²) in [5.74, 6) is -0.235. The second kappa shape index (κ2) is 30.3. The van der Waals surface area contributed by atoms with Gasteiger partial charge in [0, 0.05) is 13.0 Å². The summed E-state index contributed by atoms with van der Waals surface area (Å²) in [6.07, 6.45) is 38.8. The van der Waals surface area contributed by atoms with Gasteiger partial charge in [0.2, 0.25) is 0 Å². The molecule has 4 heteroatoms. The van der Waals surface area contributed by atoms with Crippen LogP contribution in [0.4, 0.5) is 0 Å². The third-order valence-corrected chi connectivity index (χ3v) is 5.86. The van der Waals surface area contributed by atoms with Gasteiger partial charge in [0.05, 0.1) is 13.2 Å². The van der Waals surface area contributed by atoms with E-state index in [9.17, 15) is 9.90 Å². The zero-order valence-electron chi connectivity index (χ0n) is 24.0. The molecule has 0 aromatic carbocycles. The number of carbonyl (C=O) groups is 1. The summed E-state index contributed by atoms with van der Waals surface area (Å²) in [7, 11) is 0. The van der Waals surface area contributed by atoms with E-state index in [4.69, 9.17) is 9.47 Å². The van der Waals surface area contributed by atoms with Crippen molar-refractivity contribution >= 4 is 5.97 Å². The van der Waals surface area contributed by atoms with Crippen LogP contribution in [0.5, 0.6) is 0 Å². The predicted octanol–water partition coefficient (Wildman–Crippen LogP) is 8.97. The molecular weight excluding hydrogens is 460 g/mol. The smallest absolute Gasteiger partial charge is 0.306 e. The standard InChI is InChI=1S/C33H56O4/c1-3-5-7-8-9-10-11-12-13-14-15-16-17-18-19-20-21-22-23-24-25-27-29-36-31-32(30-34)37-33(35)28-26-6-4-2/h5,7,9-10,12-13,15-16,18-19,32,34H,3-4,6,8,11,14,17,20-31H2,1-2H3/b7-5-,10-9-,13-12-,16-15-,19-18-. The Balaban J connectivity index is 3.48. The highest BCUT2D eigenvalue weighted by atomic mass is 16.6. The van der Waals surface area contributed by atoms with E-state index in [-0.39, 0.29) is 19.2 Å². The highest BCUT2D eigenvalue weighted by Crippen LogP contribution is 2.09. The lowest BCUT2D eigenvalue weighted by molar-refractivity contribution is -0.154. The molecule has 0 heterocycles. The Morgan fingerprint density at radius 3 is 1.78 bits per heavy atom. The Morgan fingerprint density at radius 2 is 1.22 bits per heavy atom. The van der Waals surface area contributed by atoms with Crippen LogP contribution in [0, 0.1) is 0 Å². The Bertz CT molecular complexity index is 630. The lowest BCUT2D eigenvalue weighted by atomic mass is 10.1. The van der Waals surface area contributed by atoms with Gasteiger partial charge in [-0.3, -0.25) is 4.79 Å². The molecule has 0 aromatic rings. The molecule has 4 nitrogen and oxygen atoms in total. The number of aliphatic hydroxyl groups is 1. The van der Waals surface area contributed by atoms with Crippen molar-refractivity contribution in [2.75, 3.05) is 19.8 Å². The van der Waals surface area contributed by atoms with Gasteiger partial charge >= 0.3 is 5.97 Å². The van der Waals surface area contributed by atoms with E-state index >= 15 is 0 Å². The number of ether oxygens (including phenoxy) is 2. The van der Waals surface area contributed by atoms with E-state index in [0.717, 1.165) is 70.6 Å². The zero-order chi connectivity index (χ0) is 27.1. The van der Waals surface area contributed by atoms with Gasteiger partial charge in [-0.15, -0.1) is 0 Å². The molecule has 1 N–H and O–H groups in total. The predicted molar refractivity (Wildman–Crippen MR) is 159 cm³/mol. The van der Waals surface area contributed by atoms with Crippen LogP contribution in [0.25, 0.3) is 0 Å². The van der Waals surface area contributed by atoms with Crippen molar-refractivity contribution in [3.63, 3.8) is 0 Å². The minimum atomic E-state index is -0.537. The van der Waals surface area contributed by atoms with Gasteiger partial charge in [-0.25, -0.2) is 0 Å². The first kappa shape index (κ1) is 35.1. The maximum absolute atomic E-state index is 11.7. The molecule has 1 unspecified atom stereocenters. The maximum Gasteiger partial charge on any atom is 0.306 e. The zero-order valence-corrected chi connectivity index (χ0v) is 24.0. The number of unbranched alkanes of at least 4 members (excludes halogenated alkanes) is 8. The summed E-state index contributed by atoms with van der Waals surface area (Å²) >= 11 is 0. The van der Waals surface area contributed by atoms with Crippen molar-refractivity contribution in [1.82, 2.24) is 0 Å². The van der Waals surface area contributed by atoms with Crippen LogP contribution in [-0.2, 0) is 14.3 Å². The minimum absolute atomic E-state index is 0.183. The molecular formula is C33H56O4. The fourth-order valence-corrected chi connectivity index (χ4v) is 3.64. The third kappa shape index (κ3) is 28.5. The quantitative estimate of drug-likeness (QED) is 0.0708. The molecule has 37 heavy (non-hydrogen) atoms. The first-order valence-corrected chi connectivity index (χ1v) is 14.9. The van der Waals surface area contributed by atoms with Crippen molar-refractivity contribution < 1.29 is 19.4 Å². The summed E-state index contributed by atoms with van der Waals surface area (Å²) in [6, 6.07) is 0. The van der Waals surface area contributed by atoms with Crippen molar-refractivity contribution in [3.05, 3.63) is 60.8 Å². The molecule has 0 aliphatic rings. The number of carbonyl (C=O) groups excluding carboxylic acids is 1. The molecule has 0 saturated heterocycles. The van der Waals surface area contributed by atoms with Gasteiger partial charge < -0.3 is 14.6 Å². The van der Waals surface area contributed by atoms with Crippen molar-refractivity contribution in [3.8, 4) is 0 Å². The Kier molecular flexibility index (Phi) is 28.7. The first-order valence-electron chi connectivity index (χ1n) is 14.9. The molecule has 0 saturated carbocycles. The second-order valence-corrected chi connectivity index (χ2v) is 9.44. The molecule has 0 aliphatic heterocycles. The molecule has 212 valence electrons. The summed E-state index contributed by atoms with van der Waals surface area (Å²) in [4.78, 5) is 11.7. The molecule has 0 fully saturated rings. The fourth-order valence-electron chi connectivity index (χ4n) is 3.64. The summed E-state index contributed by atoms with van der Waals surface area (Å²) in [5, 5.41) is 9.36. The summed E-state index contributed by atoms with van der Waals surface area (Å²) < 4.78 is 10.9. The monoisotopic (exact) mass is 516 g/mol. The van der Waals surface area contributed by atoms with Crippen LogP contribution in [0.2, 0.25) is 0 Å². The minimum Gasteiger partial charge on any atom is -0.457 e. The molecule has 1 atom stereocenters. The maximum atomic E-state index is 11.7.